The van der Waals surface area contributed by atoms with Crippen molar-refractivity contribution in [1.82, 2.24) is 4.90 Å². The summed E-state index contributed by atoms with van der Waals surface area (Å²) in [6.45, 7) is 4.13. The molecule has 1 aromatic carbocycles. The number of hydrogen-bond acceptors (Lipinski definition) is 3. The molecule has 18 heavy (non-hydrogen) atoms. The topological polar surface area (TPSA) is 26.7 Å². The van der Waals surface area contributed by atoms with Gasteiger partial charge in [0.2, 0.25) is 0 Å². The Hall–Kier alpha value is -1.06. The lowest BCUT2D eigenvalue weighted by Gasteiger charge is -2.38. The Bertz CT molecular complexity index is 392. The van der Waals surface area contributed by atoms with Gasteiger partial charge in [-0.15, -0.1) is 0 Å². The molecule has 2 rings (SSSR count). The fraction of sp³-hybridized carbons (Fsp3) is 0.600. The van der Waals surface area contributed by atoms with Crippen molar-refractivity contribution in [2.75, 3.05) is 32.1 Å². The number of anilines is 1. The number of aliphatic hydroxyl groups excluding tert-OH is 1. The quantitative estimate of drug-likeness (QED) is 0.889. The van der Waals surface area contributed by atoms with Gasteiger partial charge in [0.1, 0.15) is 0 Å². The van der Waals surface area contributed by atoms with Crippen molar-refractivity contribution in [3.05, 3.63) is 29.8 Å². The van der Waals surface area contributed by atoms with Crippen molar-refractivity contribution < 1.29 is 5.11 Å². The van der Waals surface area contributed by atoms with Crippen molar-refractivity contribution >= 4 is 5.69 Å². The van der Waals surface area contributed by atoms with E-state index < -0.39 is 6.10 Å². The monoisotopic (exact) mass is 248 g/mol. The first-order valence-corrected chi connectivity index (χ1v) is 6.78. The smallest absolute Gasteiger partial charge is 0.0781 e. The molecule has 1 N–H and O–H groups in total. The van der Waals surface area contributed by atoms with E-state index >= 15 is 0 Å². The lowest BCUT2D eigenvalue weighted by Crippen LogP contribution is -2.45. The normalized spacial score (nSPS) is 22.8. The fourth-order valence-electron chi connectivity index (χ4n) is 2.81. The number of likely N-dealkylation sites (N-methyl/N-ethyl adjacent to an activating group) is 2. The van der Waals surface area contributed by atoms with E-state index in [1.165, 1.54) is 19.4 Å². The van der Waals surface area contributed by atoms with Crippen LogP contribution in [0.25, 0.3) is 0 Å². The van der Waals surface area contributed by atoms with Gasteiger partial charge in [-0.3, -0.25) is 0 Å². The maximum absolute atomic E-state index is 9.87. The van der Waals surface area contributed by atoms with Crippen LogP contribution < -0.4 is 4.90 Å². The number of aliphatic hydroxyl groups is 1. The molecular weight excluding hydrogens is 224 g/mol. The van der Waals surface area contributed by atoms with E-state index in [0.717, 1.165) is 17.8 Å². The average Bonchev–Trinajstić information content (AvgIpc) is 2.38. The van der Waals surface area contributed by atoms with Crippen LogP contribution >= 0.6 is 0 Å². The van der Waals surface area contributed by atoms with E-state index in [0.29, 0.717) is 6.04 Å². The number of rotatable bonds is 3. The zero-order valence-corrected chi connectivity index (χ0v) is 11.6. The fourth-order valence-corrected chi connectivity index (χ4v) is 2.81. The summed E-state index contributed by atoms with van der Waals surface area (Å²) in [7, 11) is 4.33. The van der Waals surface area contributed by atoms with Crippen LogP contribution in [0.3, 0.4) is 0 Å². The Morgan fingerprint density at radius 1 is 1.39 bits per heavy atom. The Kier molecular flexibility index (Phi) is 4.25. The third kappa shape index (κ3) is 2.85. The van der Waals surface area contributed by atoms with Crippen molar-refractivity contribution in [2.24, 2.45) is 0 Å². The third-order valence-corrected chi connectivity index (χ3v) is 3.91. The molecule has 0 saturated carbocycles. The molecule has 3 heteroatoms. The third-order valence-electron chi connectivity index (χ3n) is 3.91. The summed E-state index contributed by atoms with van der Waals surface area (Å²) in [6.07, 6.45) is 2.07. The molecule has 0 aliphatic carbocycles. The Morgan fingerprint density at radius 3 is 2.78 bits per heavy atom. The van der Waals surface area contributed by atoms with Gasteiger partial charge in [-0.25, -0.2) is 0 Å². The molecule has 1 aliphatic heterocycles. The van der Waals surface area contributed by atoms with Gasteiger partial charge in [0.25, 0.3) is 0 Å². The standard InChI is InChI=1S/C15H24N2O/c1-12(18)14-8-4-5-9-15(14)17(3)13-7-6-10-16(2)11-13/h4-5,8-9,12-13,18H,6-7,10-11H2,1-3H3. The molecule has 0 radical (unpaired) electrons. The number of benzene rings is 1. The van der Waals surface area contributed by atoms with Gasteiger partial charge in [-0.05, 0) is 39.4 Å². The van der Waals surface area contributed by atoms with Gasteiger partial charge in [0.05, 0.1) is 6.10 Å². The molecule has 100 valence electrons. The second-order valence-electron chi connectivity index (χ2n) is 5.40. The Labute approximate surface area is 110 Å². The van der Waals surface area contributed by atoms with E-state index in [1.54, 1.807) is 0 Å². The Morgan fingerprint density at radius 2 is 2.11 bits per heavy atom. The molecular formula is C15H24N2O. The van der Waals surface area contributed by atoms with E-state index in [9.17, 15) is 5.11 Å². The summed E-state index contributed by atoms with van der Waals surface area (Å²) in [6, 6.07) is 8.71. The molecule has 0 bridgehead atoms. The molecule has 0 aromatic heterocycles. The van der Waals surface area contributed by atoms with E-state index in [-0.39, 0.29) is 0 Å². The minimum absolute atomic E-state index is 0.412. The lowest BCUT2D eigenvalue weighted by atomic mass is 10.0. The van der Waals surface area contributed by atoms with Crippen LogP contribution in [0.5, 0.6) is 0 Å². The highest BCUT2D eigenvalue weighted by Crippen LogP contribution is 2.28. The highest BCUT2D eigenvalue weighted by atomic mass is 16.3. The molecule has 0 amide bonds. The first kappa shape index (κ1) is 13.4. The molecule has 1 fully saturated rings. The highest BCUT2D eigenvalue weighted by molar-refractivity contribution is 5.54. The van der Waals surface area contributed by atoms with Crippen LogP contribution in [-0.4, -0.2) is 43.2 Å². The van der Waals surface area contributed by atoms with Gasteiger partial charge in [-0.1, -0.05) is 18.2 Å². The SMILES string of the molecule is CC(O)c1ccccc1N(C)C1CCCN(C)C1. The van der Waals surface area contributed by atoms with Crippen LogP contribution in [-0.2, 0) is 0 Å². The number of nitrogens with zero attached hydrogens (tertiary/aromatic N) is 2. The number of likely N-dealkylation sites (tertiary alicyclic amines) is 1. The maximum Gasteiger partial charge on any atom is 0.0781 e. The van der Waals surface area contributed by atoms with Crippen LogP contribution in [0.15, 0.2) is 24.3 Å². The zero-order chi connectivity index (χ0) is 13.1. The van der Waals surface area contributed by atoms with Gasteiger partial charge >= 0.3 is 0 Å². The minimum Gasteiger partial charge on any atom is -0.389 e. The zero-order valence-electron chi connectivity index (χ0n) is 11.6. The van der Waals surface area contributed by atoms with Gasteiger partial charge in [0.15, 0.2) is 0 Å². The molecule has 3 nitrogen and oxygen atoms in total. The van der Waals surface area contributed by atoms with Crippen molar-refractivity contribution in [3.8, 4) is 0 Å². The first-order valence-electron chi connectivity index (χ1n) is 6.78. The first-order chi connectivity index (χ1) is 8.59. The van der Waals surface area contributed by atoms with E-state index in [2.05, 4.69) is 30.0 Å². The molecule has 2 unspecified atom stereocenters. The number of para-hydroxylation sites is 1. The largest absolute Gasteiger partial charge is 0.389 e. The van der Waals surface area contributed by atoms with Crippen molar-refractivity contribution in [2.45, 2.75) is 31.9 Å². The molecule has 1 saturated heterocycles. The van der Waals surface area contributed by atoms with Gasteiger partial charge in [-0.2, -0.15) is 0 Å². The summed E-state index contributed by atoms with van der Waals surface area (Å²) in [5.41, 5.74) is 2.18. The lowest BCUT2D eigenvalue weighted by molar-refractivity contribution is 0.199. The van der Waals surface area contributed by atoms with Gasteiger partial charge < -0.3 is 14.9 Å². The summed E-state index contributed by atoms with van der Waals surface area (Å²) in [4.78, 5) is 4.72. The summed E-state index contributed by atoms with van der Waals surface area (Å²) < 4.78 is 0. The number of piperidine rings is 1. The molecule has 1 aromatic rings. The molecule has 0 spiro atoms. The maximum atomic E-state index is 9.87. The summed E-state index contributed by atoms with van der Waals surface area (Å²) >= 11 is 0. The minimum atomic E-state index is -0.412. The molecule has 1 heterocycles. The predicted molar refractivity (Wildman–Crippen MR) is 76.0 cm³/mol. The number of hydrogen-bond donors (Lipinski definition) is 1. The van der Waals surface area contributed by atoms with Crippen LogP contribution in [0.1, 0.15) is 31.4 Å². The van der Waals surface area contributed by atoms with E-state index in [4.69, 9.17) is 0 Å². The van der Waals surface area contributed by atoms with Crippen LogP contribution in [0.4, 0.5) is 5.69 Å². The Balaban J connectivity index is 2.19. The molecule has 1 aliphatic rings. The summed E-state index contributed by atoms with van der Waals surface area (Å²) in [5, 5.41) is 9.87. The van der Waals surface area contributed by atoms with Crippen molar-refractivity contribution in [3.63, 3.8) is 0 Å². The summed E-state index contributed by atoms with van der Waals surface area (Å²) in [5.74, 6) is 0. The highest BCUT2D eigenvalue weighted by Gasteiger charge is 2.23. The van der Waals surface area contributed by atoms with Gasteiger partial charge in [0, 0.05) is 30.9 Å². The van der Waals surface area contributed by atoms with Crippen LogP contribution in [0.2, 0.25) is 0 Å². The second-order valence-corrected chi connectivity index (χ2v) is 5.40. The average molecular weight is 248 g/mol. The second kappa shape index (κ2) is 5.72. The predicted octanol–water partition coefficient (Wildman–Crippen LogP) is 2.27. The van der Waals surface area contributed by atoms with Crippen LogP contribution in [0, 0.1) is 0 Å². The van der Waals surface area contributed by atoms with E-state index in [1.807, 2.05) is 25.1 Å². The van der Waals surface area contributed by atoms with Crippen molar-refractivity contribution in [1.29, 1.82) is 0 Å². The molecule has 2 atom stereocenters.